The van der Waals surface area contributed by atoms with Gasteiger partial charge in [-0.25, -0.2) is 4.79 Å². The van der Waals surface area contributed by atoms with Gasteiger partial charge in [-0.05, 0) is 31.4 Å². The number of ether oxygens (including phenoxy) is 1. The maximum Gasteiger partial charge on any atom is 0.373 e. The molecular formula is C13H21NO3. The molecule has 17 heavy (non-hydrogen) atoms. The Balaban J connectivity index is 2.42. The van der Waals surface area contributed by atoms with Crippen molar-refractivity contribution in [3.05, 3.63) is 23.7 Å². The molecule has 1 N–H and O–H groups in total. The highest BCUT2D eigenvalue weighted by molar-refractivity contribution is 5.86. The molecule has 0 aromatic carbocycles. The number of carbonyl (C=O) groups excluding carboxylic acids is 1. The van der Waals surface area contributed by atoms with Crippen LogP contribution in [0.5, 0.6) is 0 Å². The van der Waals surface area contributed by atoms with Crippen molar-refractivity contribution in [3.63, 3.8) is 0 Å². The molecule has 0 amide bonds. The SMILES string of the molecule is COC(=O)c1ccc(CNC(C)CC(C)C)o1. The molecule has 0 fully saturated rings. The Labute approximate surface area is 102 Å². The van der Waals surface area contributed by atoms with Crippen molar-refractivity contribution in [2.75, 3.05) is 7.11 Å². The molecule has 0 radical (unpaired) electrons. The van der Waals surface area contributed by atoms with Crippen molar-refractivity contribution < 1.29 is 13.9 Å². The van der Waals surface area contributed by atoms with E-state index in [1.807, 2.05) is 0 Å². The van der Waals surface area contributed by atoms with Crippen molar-refractivity contribution in [3.8, 4) is 0 Å². The highest BCUT2D eigenvalue weighted by Crippen LogP contribution is 2.10. The second kappa shape index (κ2) is 6.45. The molecule has 0 bridgehead atoms. The number of nitrogens with one attached hydrogen (secondary N) is 1. The van der Waals surface area contributed by atoms with Crippen LogP contribution >= 0.6 is 0 Å². The minimum atomic E-state index is -0.438. The predicted octanol–water partition coefficient (Wildman–Crippen LogP) is 2.59. The summed E-state index contributed by atoms with van der Waals surface area (Å²) in [5.41, 5.74) is 0. The fourth-order valence-electron chi connectivity index (χ4n) is 1.75. The van der Waals surface area contributed by atoms with Crippen LogP contribution in [0.4, 0.5) is 0 Å². The number of furan rings is 1. The molecule has 0 aliphatic rings. The quantitative estimate of drug-likeness (QED) is 0.775. The van der Waals surface area contributed by atoms with E-state index in [2.05, 4.69) is 30.8 Å². The van der Waals surface area contributed by atoms with E-state index in [-0.39, 0.29) is 5.76 Å². The largest absolute Gasteiger partial charge is 0.463 e. The van der Waals surface area contributed by atoms with E-state index < -0.39 is 5.97 Å². The molecule has 0 saturated heterocycles. The van der Waals surface area contributed by atoms with Gasteiger partial charge in [0, 0.05) is 6.04 Å². The van der Waals surface area contributed by atoms with Crippen molar-refractivity contribution in [1.29, 1.82) is 0 Å². The normalized spacial score (nSPS) is 12.8. The van der Waals surface area contributed by atoms with E-state index in [1.54, 1.807) is 12.1 Å². The molecule has 1 rings (SSSR count). The lowest BCUT2D eigenvalue weighted by atomic mass is 10.1. The van der Waals surface area contributed by atoms with Crippen molar-refractivity contribution in [1.82, 2.24) is 5.32 Å². The van der Waals surface area contributed by atoms with Gasteiger partial charge in [-0.15, -0.1) is 0 Å². The molecule has 0 aliphatic heterocycles. The van der Waals surface area contributed by atoms with Crippen molar-refractivity contribution >= 4 is 5.97 Å². The van der Waals surface area contributed by atoms with Gasteiger partial charge in [0.1, 0.15) is 5.76 Å². The Bertz CT molecular complexity index is 357. The molecule has 1 heterocycles. The van der Waals surface area contributed by atoms with E-state index in [9.17, 15) is 4.79 Å². The lowest BCUT2D eigenvalue weighted by Crippen LogP contribution is -2.26. The van der Waals surface area contributed by atoms with Crippen LogP contribution in [0.25, 0.3) is 0 Å². The first-order valence-electron chi connectivity index (χ1n) is 5.93. The van der Waals surface area contributed by atoms with Gasteiger partial charge < -0.3 is 14.5 Å². The number of rotatable bonds is 6. The first-order chi connectivity index (χ1) is 8.02. The smallest absolute Gasteiger partial charge is 0.373 e. The van der Waals surface area contributed by atoms with Crippen LogP contribution in [0.15, 0.2) is 16.5 Å². The Kier molecular flexibility index (Phi) is 5.22. The first-order valence-corrected chi connectivity index (χ1v) is 5.93. The third-order valence-electron chi connectivity index (χ3n) is 2.50. The third kappa shape index (κ3) is 4.61. The molecule has 1 aromatic heterocycles. The highest BCUT2D eigenvalue weighted by atomic mass is 16.5. The molecule has 0 spiro atoms. The fourth-order valence-corrected chi connectivity index (χ4v) is 1.75. The standard InChI is InChI=1S/C13H21NO3/c1-9(2)7-10(3)14-8-11-5-6-12(17-11)13(15)16-4/h5-6,9-10,14H,7-8H2,1-4H3. The molecule has 1 atom stereocenters. The van der Waals surface area contributed by atoms with E-state index >= 15 is 0 Å². The van der Waals surface area contributed by atoms with Gasteiger partial charge in [-0.3, -0.25) is 0 Å². The van der Waals surface area contributed by atoms with Crippen LogP contribution in [0, 0.1) is 5.92 Å². The predicted molar refractivity (Wildman–Crippen MR) is 65.8 cm³/mol. The lowest BCUT2D eigenvalue weighted by molar-refractivity contribution is 0.0563. The summed E-state index contributed by atoms with van der Waals surface area (Å²) in [5, 5.41) is 3.35. The van der Waals surface area contributed by atoms with Gasteiger partial charge in [0.25, 0.3) is 0 Å². The summed E-state index contributed by atoms with van der Waals surface area (Å²) in [5.74, 6) is 1.23. The Morgan fingerprint density at radius 1 is 1.41 bits per heavy atom. The lowest BCUT2D eigenvalue weighted by Gasteiger charge is -2.14. The van der Waals surface area contributed by atoms with Crippen molar-refractivity contribution in [2.24, 2.45) is 5.92 Å². The van der Waals surface area contributed by atoms with Crippen LogP contribution in [0.1, 0.15) is 43.5 Å². The van der Waals surface area contributed by atoms with Crippen LogP contribution in [0.2, 0.25) is 0 Å². The molecule has 4 nitrogen and oxygen atoms in total. The third-order valence-corrected chi connectivity index (χ3v) is 2.50. The number of hydrogen-bond donors (Lipinski definition) is 1. The molecule has 4 heteroatoms. The minimum Gasteiger partial charge on any atom is -0.463 e. The first kappa shape index (κ1) is 13.8. The summed E-state index contributed by atoms with van der Waals surface area (Å²) in [6, 6.07) is 3.86. The van der Waals surface area contributed by atoms with Crippen LogP contribution in [0.3, 0.4) is 0 Å². The topological polar surface area (TPSA) is 51.5 Å². The van der Waals surface area contributed by atoms with Crippen LogP contribution < -0.4 is 5.32 Å². The monoisotopic (exact) mass is 239 g/mol. The molecule has 1 aromatic rings. The summed E-state index contributed by atoms with van der Waals surface area (Å²) in [6.45, 7) is 7.16. The maximum absolute atomic E-state index is 11.2. The summed E-state index contributed by atoms with van der Waals surface area (Å²) in [7, 11) is 1.34. The van der Waals surface area contributed by atoms with Gasteiger partial charge in [0.05, 0.1) is 13.7 Å². The molecule has 1 unspecified atom stereocenters. The average Bonchev–Trinajstić information content (AvgIpc) is 2.73. The number of methoxy groups -OCH3 is 1. The highest BCUT2D eigenvalue weighted by Gasteiger charge is 2.11. The second-order valence-electron chi connectivity index (χ2n) is 4.67. The molecular weight excluding hydrogens is 218 g/mol. The minimum absolute atomic E-state index is 0.251. The molecule has 96 valence electrons. The van der Waals surface area contributed by atoms with E-state index in [1.165, 1.54) is 7.11 Å². The fraction of sp³-hybridized carbons (Fsp3) is 0.615. The number of carbonyl (C=O) groups is 1. The Hall–Kier alpha value is -1.29. The van der Waals surface area contributed by atoms with E-state index in [0.717, 1.165) is 12.2 Å². The number of hydrogen-bond acceptors (Lipinski definition) is 4. The molecule has 0 aliphatic carbocycles. The van der Waals surface area contributed by atoms with E-state index in [0.29, 0.717) is 18.5 Å². The van der Waals surface area contributed by atoms with E-state index in [4.69, 9.17) is 4.42 Å². The average molecular weight is 239 g/mol. The maximum atomic E-state index is 11.2. The Morgan fingerprint density at radius 3 is 2.71 bits per heavy atom. The van der Waals surface area contributed by atoms with Gasteiger partial charge >= 0.3 is 5.97 Å². The summed E-state index contributed by atoms with van der Waals surface area (Å²) in [6.07, 6.45) is 1.12. The summed E-state index contributed by atoms with van der Waals surface area (Å²) >= 11 is 0. The zero-order valence-corrected chi connectivity index (χ0v) is 10.9. The zero-order chi connectivity index (χ0) is 12.8. The van der Waals surface area contributed by atoms with Gasteiger partial charge in [0.15, 0.2) is 0 Å². The number of esters is 1. The van der Waals surface area contributed by atoms with Crippen molar-refractivity contribution in [2.45, 2.75) is 39.8 Å². The van der Waals surface area contributed by atoms with Gasteiger partial charge in [-0.1, -0.05) is 13.8 Å². The van der Waals surface area contributed by atoms with Gasteiger partial charge in [0.2, 0.25) is 5.76 Å². The van der Waals surface area contributed by atoms with Crippen LogP contribution in [-0.2, 0) is 11.3 Å². The summed E-state index contributed by atoms with van der Waals surface area (Å²) < 4.78 is 9.93. The molecule has 0 saturated carbocycles. The Morgan fingerprint density at radius 2 is 2.12 bits per heavy atom. The van der Waals surface area contributed by atoms with Gasteiger partial charge in [-0.2, -0.15) is 0 Å². The second-order valence-corrected chi connectivity index (χ2v) is 4.67. The van der Waals surface area contributed by atoms with Crippen LogP contribution in [-0.4, -0.2) is 19.1 Å². The summed E-state index contributed by atoms with van der Waals surface area (Å²) in [4.78, 5) is 11.2. The zero-order valence-electron chi connectivity index (χ0n) is 10.9.